The van der Waals surface area contributed by atoms with Crippen LogP contribution in [0.4, 0.5) is 0 Å². The third kappa shape index (κ3) is 4.75. The summed E-state index contributed by atoms with van der Waals surface area (Å²) in [6, 6.07) is 16.0. The highest BCUT2D eigenvalue weighted by molar-refractivity contribution is 5.80. The van der Waals surface area contributed by atoms with Crippen LogP contribution in [0, 0.1) is 0 Å². The fraction of sp³-hybridized carbons (Fsp3) is 0.429. The standard InChI is InChI=1S/C21H28N4O/c1-22-21(23-13-6-8-15-24-14-7-5-11-20(24)26)25-16-12-19(17-25)18-9-3-2-4-10-18/h2-5,7,9-11,14,19H,6,8,12-13,15-17H2,1H3,(H,22,23). The van der Waals surface area contributed by atoms with Gasteiger partial charge in [0.05, 0.1) is 0 Å². The Morgan fingerprint density at radius 2 is 1.96 bits per heavy atom. The second kappa shape index (κ2) is 9.22. The lowest BCUT2D eigenvalue weighted by molar-refractivity contribution is 0.481. The smallest absolute Gasteiger partial charge is 0.250 e. The van der Waals surface area contributed by atoms with Gasteiger partial charge in [0, 0.05) is 51.4 Å². The topological polar surface area (TPSA) is 49.6 Å². The molecule has 5 nitrogen and oxygen atoms in total. The van der Waals surface area contributed by atoms with E-state index in [0.717, 1.165) is 45.0 Å². The van der Waals surface area contributed by atoms with E-state index in [1.807, 2.05) is 19.3 Å². The van der Waals surface area contributed by atoms with E-state index >= 15 is 0 Å². The van der Waals surface area contributed by atoms with Crippen molar-refractivity contribution < 1.29 is 0 Å². The monoisotopic (exact) mass is 352 g/mol. The summed E-state index contributed by atoms with van der Waals surface area (Å²) in [5.74, 6) is 1.57. The molecule has 0 bridgehead atoms. The molecule has 1 fully saturated rings. The van der Waals surface area contributed by atoms with Crippen molar-refractivity contribution in [2.45, 2.75) is 31.7 Å². The SMILES string of the molecule is CN=C(NCCCCn1ccccc1=O)N1CCC(c2ccccc2)C1. The maximum atomic E-state index is 11.7. The molecule has 1 aliphatic heterocycles. The van der Waals surface area contributed by atoms with Gasteiger partial charge in [-0.2, -0.15) is 0 Å². The van der Waals surface area contributed by atoms with Gasteiger partial charge in [0.15, 0.2) is 5.96 Å². The molecule has 0 amide bonds. The Balaban J connectivity index is 1.41. The van der Waals surface area contributed by atoms with Gasteiger partial charge in [-0.05, 0) is 30.9 Å². The minimum absolute atomic E-state index is 0.0697. The van der Waals surface area contributed by atoms with E-state index in [2.05, 4.69) is 45.5 Å². The van der Waals surface area contributed by atoms with Crippen molar-refractivity contribution in [3.63, 3.8) is 0 Å². The number of hydrogen-bond acceptors (Lipinski definition) is 2. The van der Waals surface area contributed by atoms with Gasteiger partial charge in [-0.3, -0.25) is 9.79 Å². The lowest BCUT2D eigenvalue weighted by atomic mass is 9.99. The van der Waals surface area contributed by atoms with Crippen molar-refractivity contribution in [3.8, 4) is 0 Å². The number of rotatable bonds is 6. The Morgan fingerprint density at radius 1 is 1.15 bits per heavy atom. The van der Waals surface area contributed by atoms with E-state index in [1.165, 1.54) is 12.0 Å². The lowest BCUT2D eigenvalue weighted by Crippen LogP contribution is -2.40. The largest absolute Gasteiger partial charge is 0.356 e. The normalized spacial score (nSPS) is 17.5. The van der Waals surface area contributed by atoms with Crippen LogP contribution in [0.3, 0.4) is 0 Å². The van der Waals surface area contributed by atoms with Crippen LogP contribution in [0.25, 0.3) is 0 Å². The predicted molar refractivity (Wildman–Crippen MR) is 107 cm³/mol. The van der Waals surface area contributed by atoms with Gasteiger partial charge in [-0.25, -0.2) is 0 Å². The van der Waals surface area contributed by atoms with E-state index in [1.54, 1.807) is 16.7 Å². The van der Waals surface area contributed by atoms with Crippen LogP contribution in [0.15, 0.2) is 64.5 Å². The van der Waals surface area contributed by atoms with Crippen molar-refractivity contribution in [1.29, 1.82) is 0 Å². The molecular weight excluding hydrogens is 324 g/mol. The lowest BCUT2D eigenvalue weighted by Gasteiger charge is -2.22. The van der Waals surface area contributed by atoms with Gasteiger partial charge in [0.1, 0.15) is 0 Å². The molecule has 0 aliphatic carbocycles. The number of unbranched alkanes of at least 4 members (excludes halogenated alkanes) is 1. The average Bonchev–Trinajstić information content (AvgIpc) is 3.17. The second-order valence-electron chi connectivity index (χ2n) is 6.76. The molecule has 1 aromatic carbocycles. The molecule has 0 saturated carbocycles. The van der Waals surface area contributed by atoms with Gasteiger partial charge in [0.25, 0.3) is 0 Å². The van der Waals surface area contributed by atoms with Crippen LogP contribution < -0.4 is 10.9 Å². The highest BCUT2D eigenvalue weighted by Crippen LogP contribution is 2.26. The molecule has 138 valence electrons. The summed E-state index contributed by atoms with van der Waals surface area (Å²) in [4.78, 5) is 18.5. The van der Waals surface area contributed by atoms with Gasteiger partial charge in [-0.15, -0.1) is 0 Å². The Labute approximate surface area is 155 Å². The fourth-order valence-electron chi connectivity index (χ4n) is 3.53. The third-order valence-electron chi connectivity index (χ3n) is 4.98. The van der Waals surface area contributed by atoms with Crippen molar-refractivity contribution in [1.82, 2.24) is 14.8 Å². The zero-order valence-electron chi connectivity index (χ0n) is 15.5. The minimum Gasteiger partial charge on any atom is -0.356 e. The molecule has 3 rings (SSSR count). The summed E-state index contributed by atoms with van der Waals surface area (Å²) >= 11 is 0. The predicted octanol–water partition coefficient (Wildman–Crippen LogP) is 2.69. The summed E-state index contributed by atoms with van der Waals surface area (Å²) in [5, 5.41) is 3.47. The van der Waals surface area contributed by atoms with Crippen LogP contribution in [-0.2, 0) is 6.54 Å². The second-order valence-corrected chi connectivity index (χ2v) is 6.76. The number of benzene rings is 1. The van der Waals surface area contributed by atoms with Crippen molar-refractivity contribution >= 4 is 5.96 Å². The Kier molecular flexibility index (Phi) is 6.47. The first-order valence-corrected chi connectivity index (χ1v) is 9.44. The van der Waals surface area contributed by atoms with E-state index in [-0.39, 0.29) is 5.56 Å². The number of pyridine rings is 1. The van der Waals surface area contributed by atoms with E-state index in [0.29, 0.717) is 5.92 Å². The zero-order chi connectivity index (χ0) is 18.2. The maximum Gasteiger partial charge on any atom is 0.250 e. The van der Waals surface area contributed by atoms with Crippen LogP contribution in [0.5, 0.6) is 0 Å². The summed E-state index contributed by atoms with van der Waals surface area (Å²) in [5.41, 5.74) is 1.49. The zero-order valence-corrected chi connectivity index (χ0v) is 15.5. The third-order valence-corrected chi connectivity index (χ3v) is 4.98. The van der Waals surface area contributed by atoms with Gasteiger partial charge < -0.3 is 14.8 Å². The first kappa shape index (κ1) is 18.2. The maximum absolute atomic E-state index is 11.7. The van der Waals surface area contributed by atoms with Gasteiger partial charge in [0.2, 0.25) is 5.56 Å². The van der Waals surface area contributed by atoms with Crippen molar-refractivity contribution in [2.24, 2.45) is 4.99 Å². The number of aliphatic imine (C=N–C) groups is 1. The van der Waals surface area contributed by atoms with Crippen molar-refractivity contribution in [2.75, 3.05) is 26.7 Å². The molecule has 5 heteroatoms. The Bertz CT molecular complexity index is 769. The molecule has 26 heavy (non-hydrogen) atoms. The molecule has 1 atom stereocenters. The van der Waals surface area contributed by atoms with E-state index < -0.39 is 0 Å². The van der Waals surface area contributed by atoms with E-state index in [4.69, 9.17) is 0 Å². The number of likely N-dealkylation sites (tertiary alicyclic amines) is 1. The highest BCUT2D eigenvalue weighted by atomic mass is 16.1. The highest BCUT2D eigenvalue weighted by Gasteiger charge is 2.25. The molecular formula is C21H28N4O. The summed E-state index contributed by atoms with van der Waals surface area (Å²) in [6.45, 7) is 3.70. The number of guanidine groups is 1. The molecule has 2 aromatic rings. The van der Waals surface area contributed by atoms with Crippen LogP contribution in [0.1, 0.15) is 30.7 Å². The number of aryl methyl sites for hydroxylation is 1. The average molecular weight is 352 g/mol. The number of hydrogen-bond donors (Lipinski definition) is 1. The molecule has 1 aliphatic rings. The summed E-state index contributed by atoms with van der Waals surface area (Å²) in [7, 11) is 1.85. The van der Waals surface area contributed by atoms with Gasteiger partial charge >= 0.3 is 0 Å². The Morgan fingerprint density at radius 3 is 2.73 bits per heavy atom. The molecule has 1 aromatic heterocycles. The van der Waals surface area contributed by atoms with Crippen LogP contribution >= 0.6 is 0 Å². The number of aromatic nitrogens is 1. The molecule has 0 radical (unpaired) electrons. The number of nitrogens with one attached hydrogen (secondary N) is 1. The van der Waals surface area contributed by atoms with E-state index in [9.17, 15) is 4.79 Å². The molecule has 0 spiro atoms. The molecule has 1 saturated heterocycles. The number of nitrogens with zero attached hydrogens (tertiary/aromatic N) is 3. The van der Waals surface area contributed by atoms with Crippen molar-refractivity contribution in [3.05, 3.63) is 70.6 Å². The fourth-order valence-corrected chi connectivity index (χ4v) is 3.53. The molecule has 1 unspecified atom stereocenters. The summed E-state index contributed by atoms with van der Waals surface area (Å²) in [6.07, 6.45) is 5.00. The summed E-state index contributed by atoms with van der Waals surface area (Å²) < 4.78 is 1.76. The van der Waals surface area contributed by atoms with Gasteiger partial charge in [-0.1, -0.05) is 36.4 Å². The molecule has 2 heterocycles. The first-order chi connectivity index (χ1) is 12.8. The quantitative estimate of drug-likeness (QED) is 0.494. The Hall–Kier alpha value is -2.56. The minimum atomic E-state index is 0.0697. The van der Waals surface area contributed by atoms with Crippen LogP contribution in [0.2, 0.25) is 0 Å². The first-order valence-electron chi connectivity index (χ1n) is 9.44. The molecule has 1 N–H and O–H groups in total. The van der Waals surface area contributed by atoms with Crippen LogP contribution in [-0.4, -0.2) is 42.1 Å².